The number of aromatic amines is 1. The highest BCUT2D eigenvalue weighted by atomic mass is 15.3. The van der Waals surface area contributed by atoms with E-state index < -0.39 is 0 Å². The third kappa shape index (κ3) is 3.15. The van der Waals surface area contributed by atoms with Crippen molar-refractivity contribution in [3.63, 3.8) is 0 Å². The zero-order chi connectivity index (χ0) is 16.5. The largest absolute Gasteiger partial charge is 0.358 e. The summed E-state index contributed by atoms with van der Waals surface area (Å²) in [6.07, 6.45) is 2.91. The van der Waals surface area contributed by atoms with Crippen molar-refractivity contribution in [2.45, 2.75) is 13.3 Å². The molecule has 0 radical (unpaired) electrons. The van der Waals surface area contributed by atoms with Crippen LogP contribution in [-0.2, 0) is 6.42 Å². The highest BCUT2D eigenvalue weighted by Crippen LogP contribution is 2.20. The number of pyridine rings is 1. The predicted octanol–water partition coefficient (Wildman–Crippen LogP) is 3.21. The second-order valence-corrected chi connectivity index (χ2v) is 6.88. The van der Waals surface area contributed by atoms with E-state index in [1.54, 1.807) is 0 Å². The fourth-order valence-electron chi connectivity index (χ4n) is 3.37. The molecule has 2 aromatic heterocycles. The van der Waals surface area contributed by atoms with Gasteiger partial charge in [-0.25, -0.2) is 4.98 Å². The SMILES string of the molecule is Cc1ccc2[nH]c(Cc3ccc(N4CCN(C)CC4)nc3)cc2c1. The van der Waals surface area contributed by atoms with Gasteiger partial charge in [-0.1, -0.05) is 17.7 Å². The monoisotopic (exact) mass is 320 g/mol. The Morgan fingerprint density at radius 1 is 1.04 bits per heavy atom. The lowest BCUT2D eigenvalue weighted by atomic mass is 10.1. The van der Waals surface area contributed by atoms with Gasteiger partial charge in [0.05, 0.1) is 0 Å². The molecule has 1 aliphatic heterocycles. The van der Waals surface area contributed by atoms with E-state index >= 15 is 0 Å². The number of fused-ring (bicyclic) bond motifs is 1. The maximum atomic E-state index is 4.69. The summed E-state index contributed by atoms with van der Waals surface area (Å²) in [7, 11) is 2.18. The summed E-state index contributed by atoms with van der Waals surface area (Å²) in [4.78, 5) is 12.9. The number of anilines is 1. The number of piperazine rings is 1. The molecule has 3 aromatic rings. The minimum atomic E-state index is 0.893. The molecule has 1 fully saturated rings. The van der Waals surface area contributed by atoms with Crippen molar-refractivity contribution in [2.75, 3.05) is 38.1 Å². The predicted molar refractivity (Wildman–Crippen MR) is 99.8 cm³/mol. The van der Waals surface area contributed by atoms with Gasteiger partial charge in [0, 0.05) is 50.0 Å². The van der Waals surface area contributed by atoms with Gasteiger partial charge in [-0.3, -0.25) is 0 Å². The molecule has 1 saturated heterocycles. The smallest absolute Gasteiger partial charge is 0.128 e. The fraction of sp³-hybridized carbons (Fsp3) is 0.350. The summed E-state index contributed by atoms with van der Waals surface area (Å²) in [5.74, 6) is 1.10. The van der Waals surface area contributed by atoms with E-state index in [0.717, 1.165) is 38.4 Å². The van der Waals surface area contributed by atoms with Crippen LogP contribution in [0.5, 0.6) is 0 Å². The molecule has 0 atom stereocenters. The quantitative estimate of drug-likeness (QED) is 0.805. The van der Waals surface area contributed by atoms with Crippen molar-refractivity contribution in [3.05, 3.63) is 59.4 Å². The highest BCUT2D eigenvalue weighted by Gasteiger charge is 2.15. The summed E-state index contributed by atoms with van der Waals surface area (Å²) >= 11 is 0. The van der Waals surface area contributed by atoms with E-state index in [-0.39, 0.29) is 0 Å². The molecule has 0 saturated carbocycles. The second-order valence-electron chi connectivity index (χ2n) is 6.88. The van der Waals surface area contributed by atoms with Gasteiger partial charge in [-0.15, -0.1) is 0 Å². The number of hydrogen-bond acceptors (Lipinski definition) is 3. The molecule has 1 N–H and O–H groups in total. The van der Waals surface area contributed by atoms with Crippen molar-refractivity contribution in [1.82, 2.24) is 14.9 Å². The summed E-state index contributed by atoms with van der Waals surface area (Å²) in [6.45, 7) is 6.47. The Morgan fingerprint density at radius 2 is 1.88 bits per heavy atom. The number of aromatic nitrogens is 2. The summed E-state index contributed by atoms with van der Waals surface area (Å²) < 4.78 is 0. The molecule has 24 heavy (non-hydrogen) atoms. The van der Waals surface area contributed by atoms with Crippen molar-refractivity contribution in [1.29, 1.82) is 0 Å². The van der Waals surface area contributed by atoms with Gasteiger partial charge in [-0.2, -0.15) is 0 Å². The first-order valence-electron chi connectivity index (χ1n) is 8.64. The van der Waals surface area contributed by atoms with Crippen LogP contribution in [0.3, 0.4) is 0 Å². The first-order valence-corrected chi connectivity index (χ1v) is 8.64. The Morgan fingerprint density at radius 3 is 2.62 bits per heavy atom. The van der Waals surface area contributed by atoms with Gasteiger partial charge in [-0.05, 0) is 49.2 Å². The van der Waals surface area contributed by atoms with Crippen LogP contribution < -0.4 is 4.90 Å². The van der Waals surface area contributed by atoms with Gasteiger partial charge < -0.3 is 14.8 Å². The fourth-order valence-corrected chi connectivity index (χ4v) is 3.37. The van der Waals surface area contributed by atoms with Crippen LogP contribution in [0.4, 0.5) is 5.82 Å². The molecule has 4 heteroatoms. The van der Waals surface area contributed by atoms with Crippen LogP contribution in [-0.4, -0.2) is 48.1 Å². The van der Waals surface area contributed by atoms with Crippen LogP contribution in [0.15, 0.2) is 42.6 Å². The average Bonchev–Trinajstić information content (AvgIpc) is 2.98. The molecule has 1 aromatic carbocycles. The number of likely N-dealkylation sites (N-methyl/N-ethyl adjacent to an activating group) is 1. The normalized spacial score (nSPS) is 16.0. The third-order valence-electron chi connectivity index (χ3n) is 4.86. The Balaban J connectivity index is 1.48. The maximum Gasteiger partial charge on any atom is 0.128 e. The highest BCUT2D eigenvalue weighted by molar-refractivity contribution is 5.81. The maximum absolute atomic E-state index is 4.69. The minimum Gasteiger partial charge on any atom is -0.358 e. The van der Waals surface area contributed by atoms with Crippen molar-refractivity contribution in [3.8, 4) is 0 Å². The average molecular weight is 320 g/mol. The van der Waals surface area contributed by atoms with Crippen molar-refractivity contribution >= 4 is 16.7 Å². The van der Waals surface area contributed by atoms with E-state index in [2.05, 4.69) is 70.1 Å². The standard InChI is InChI=1S/C20H24N4/c1-15-3-5-19-17(11-15)13-18(22-19)12-16-4-6-20(21-14-16)24-9-7-23(2)8-10-24/h3-6,11,13-14,22H,7-10,12H2,1-2H3. The zero-order valence-electron chi connectivity index (χ0n) is 14.4. The molecular weight excluding hydrogens is 296 g/mol. The van der Waals surface area contributed by atoms with Crippen LogP contribution in [0, 0.1) is 6.92 Å². The van der Waals surface area contributed by atoms with Crippen LogP contribution in [0.1, 0.15) is 16.8 Å². The molecule has 0 bridgehead atoms. The van der Waals surface area contributed by atoms with Gasteiger partial charge in [0.15, 0.2) is 0 Å². The number of H-pyrrole nitrogens is 1. The third-order valence-corrected chi connectivity index (χ3v) is 4.86. The molecule has 3 heterocycles. The van der Waals surface area contributed by atoms with E-state index in [1.165, 1.54) is 27.7 Å². The number of nitrogens with one attached hydrogen (secondary N) is 1. The van der Waals surface area contributed by atoms with Gasteiger partial charge >= 0.3 is 0 Å². The Bertz CT molecular complexity index is 826. The molecule has 0 spiro atoms. The minimum absolute atomic E-state index is 0.893. The Kier molecular flexibility index (Phi) is 3.98. The molecule has 0 unspecified atom stereocenters. The van der Waals surface area contributed by atoms with Crippen molar-refractivity contribution < 1.29 is 0 Å². The van der Waals surface area contributed by atoms with E-state index in [0.29, 0.717) is 0 Å². The molecular formula is C20H24N4. The first-order chi connectivity index (χ1) is 11.7. The number of nitrogens with zero attached hydrogens (tertiary/aromatic N) is 3. The molecule has 4 rings (SSSR count). The molecule has 124 valence electrons. The molecule has 0 aliphatic carbocycles. The van der Waals surface area contributed by atoms with E-state index in [1.807, 2.05) is 6.20 Å². The molecule has 4 nitrogen and oxygen atoms in total. The van der Waals surface area contributed by atoms with Crippen molar-refractivity contribution in [2.24, 2.45) is 0 Å². The Hall–Kier alpha value is -2.33. The zero-order valence-corrected chi connectivity index (χ0v) is 14.4. The summed E-state index contributed by atoms with van der Waals surface area (Å²) in [6, 6.07) is 13.1. The van der Waals surface area contributed by atoms with Crippen LogP contribution in [0.25, 0.3) is 10.9 Å². The topological polar surface area (TPSA) is 35.2 Å². The molecule has 0 amide bonds. The lowest BCUT2D eigenvalue weighted by Crippen LogP contribution is -2.44. The summed E-state index contributed by atoms with van der Waals surface area (Å²) in [5, 5.41) is 1.28. The van der Waals surface area contributed by atoms with Gasteiger partial charge in [0.1, 0.15) is 5.82 Å². The van der Waals surface area contributed by atoms with Gasteiger partial charge in [0.2, 0.25) is 0 Å². The van der Waals surface area contributed by atoms with Gasteiger partial charge in [0.25, 0.3) is 0 Å². The van der Waals surface area contributed by atoms with E-state index in [9.17, 15) is 0 Å². The first kappa shape index (κ1) is 15.2. The number of hydrogen-bond donors (Lipinski definition) is 1. The number of rotatable bonds is 3. The lowest BCUT2D eigenvalue weighted by molar-refractivity contribution is 0.312. The van der Waals surface area contributed by atoms with E-state index in [4.69, 9.17) is 0 Å². The van der Waals surface area contributed by atoms with Crippen LogP contribution >= 0.6 is 0 Å². The Labute approximate surface area is 143 Å². The van der Waals surface area contributed by atoms with Crippen LogP contribution in [0.2, 0.25) is 0 Å². The summed E-state index contributed by atoms with van der Waals surface area (Å²) in [5.41, 5.74) is 4.99. The molecule has 1 aliphatic rings. The lowest BCUT2D eigenvalue weighted by Gasteiger charge is -2.33. The number of aryl methyl sites for hydroxylation is 1. The second kappa shape index (κ2) is 6.29. The number of benzene rings is 1.